The summed E-state index contributed by atoms with van der Waals surface area (Å²) in [5.41, 5.74) is 1.07. The highest BCUT2D eigenvalue weighted by Crippen LogP contribution is 2.39. The van der Waals surface area contributed by atoms with E-state index in [0.717, 1.165) is 24.8 Å². The van der Waals surface area contributed by atoms with Crippen LogP contribution in [0.1, 0.15) is 38.2 Å². The molecular formula is C34H28O7. The van der Waals surface area contributed by atoms with E-state index in [2.05, 4.69) is 6.92 Å². The van der Waals surface area contributed by atoms with Gasteiger partial charge in [-0.2, -0.15) is 0 Å². The second-order valence-corrected chi connectivity index (χ2v) is 9.89. The molecule has 7 rings (SSSR count). The lowest BCUT2D eigenvalue weighted by Crippen LogP contribution is -1.86. The van der Waals surface area contributed by atoms with E-state index in [4.69, 9.17) is 30.9 Å². The van der Waals surface area contributed by atoms with Crippen molar-refractivity contribution in [1.82, 2.24) is 0 Å². The van der Waals surface area contributed by atoms with Crippen molar-refractivity contribution in [2.75, 3.05) is 0 Å². The SMILES string of the molecule is CCCCCCc1cc(-c2ccc(-c3ccc(-c4ccco4)o3)o2)oc1-c1ccc(-c2ccc(-c3ccco3)o2)o1. The number of rotatable bonds is 11. The summed E-state index contributed by atoms with van der Waals surface area (Å²) in [5.74, 6) is 7.60. The molecule has 0 radical (unpaired) electrons. The Morgan fingerprint density at radius 3 is 1.39 bits per heavy atom. The summed E-state index contributed by atoms with van der Waals surface area (Å²) < 4.78 is 41.6. The van der Waals surface area contributed by atoms with Crippen molar-refractivity contribution in [3.8, 4) is 69.1 Å². The van der Waals surface area contributed by atoms with Crippen molar-refractivity contribution in [3.05, 3.63) is 97.0 Å². The molecule has 7 nitrogen and oxygen atoms in total. The average Bonchev–Trinajstić information content (AvgIpc) is 3.81. The maximum absolute atomic E-state index is 6.39. The summed E-state index contributed by atoms with van der Waals surface area (Å²) in [6.07, 6.45) is 8.70. The molecule has 0 amide bonds. The van der Waals surface area contributed by atoms with Gasteiger partial charge < -0.3 is 30.9 Å². The van der Waals surface area contributed by atoms with E-state index in [9.17, 15) is 0 Å². The zero-order chi connectivity index (χ0) is 27.6. The third-order valence-corrected chi connectivity index (χ3v) is 7.01. The van der Waals surface area contributed by atoms with Gasteiger partial charge in [-0.15, -0.1) is 0 Å². The van der Waals surface area contributed by atoms with Gasteiger partial charge in [0.15, 0.2) is 69.1 Å². The summed E-state index contributed by atoms with van der Waals surface area (Å²) in [7, 11) is 0. The second-order valence-electron chi connectivity index (χ2n) is 9.89. The Morgan fingerprint density at radius 1 is 0.439 bits per heavy atom. The second kappa shape index (κ2) is 10.8. The summed E-state index contributed by atoms with van der Waals surface area (Å²) in [6, 6.07) is 24.4. The van der Waals surface area contributed by atoms with Crippen LogP contribution >= 0.6 is 0 Å². The first kappa shape index (κ1) is 25.0. The van der Waals surface area contributed by atoms with Crippen LogP contribution in [0.3, 0.4) is 0 Å². The van der Waals surface area contributed by atoms with E-state index >= 15 is 0 Å². The maximum Gasteiger partial charge on any atom is 0.173 e. The van der Waals surface area contributed by atoms with Gasteiger partial charge in [-0.1, -0.05) is 26.2 Å². The maximum atomic E-state index is 6.39. The van der Waals surface area contributed by atoms with E-state index in [1.165, 1.54) is 12.8 Å². The highest BCUT2D eigenvalue weighted by molar-refractivity contribution is 5.68. The number of hydrogen-bond acceptors (Lipinski definition) is 7. The molecule has 0 atom stereocenters. The predicted molar refractivity (Wildman–Crippen MR) is 153 cm³/mol. The number of furan rings is 7. The van der Waals surface area contributed by atoms with Crippen LogP contribution < -0.4 is 0 Å². The van der Waals surface area contributed by atoms with Gasteiger partial charge in [-0.3, -0.25) is 0 Å². The zero-order valence-electron chi connectivity index (χ0n) is 22.6. The summed E-state index contributed by atoms with van der Waals surface area (Å²) in [6.45, 7) is 2.21. The third-order valence-electron chi connectivity index (χ3n) is 7.01. The van der Waals surface area contributed by atoms with Crippen molar-refractivity contribution < 1.29 is 30.9 Å². The summed E-state index contributed by atoms with van der Waals surface area (Å²) in [5, 5.41) is 0. The molecule has 0 saturated carbocycles. The minimum atomic E-state index is 0.603. The molecule has 0 N–H and O–H groups in total. The van der Waals surface area contributed by atoms with Gasteiger partial charge in [-0.25, -0.2) is 0 Å². The van der Waals surface area contributed by atoms with Crippen LogP contribution in [0.5, 0.6) is 0 Å². The summed E-state index contributed by atoms with van der Waals surface area (Å²) in [4.78, 5) is 0. The molecule has 0 aliphatic carbocycles. The minimum Gasteiger partial charge on any atom is -0.461 e. The average molecular weight is 549 g/mol. The van der Waals surface area contributed by atoms with Crippen LogP contribution in [-0.2, 0) is 6.42 Å². The number of unbranched alkanes of at least 4 members (excludes halogenated alkanes) is 3. The van der Waals surface area contributed by atoms with Crippen molar-refractivity contribution in [1.29, 1.82) is 0 Å². The fourth-order valence-corrected chi connectivity index (χ4v) is 4.92. The Labute approximate surface area is 236 Å². The van der Waals surface area contributed by atoms with Crippen molar-refractivity contribution >= 4 is 0 Å². The van der Waals surface area contributed by atoms with Crippen LogP contribution in [-0.4, -0.2) is 0 Å². The largest absolute Gasteiger partial charge is 0.461 e. The van der Waals surface area contributed by atoms with Gasteiger partial charge in [0, 0.05) is 5.56 Å². The van der Waals surface area contributed by atoms with Crippen molar-refractivity contribution in [3.63, 3.8) is 0 Å². The van der Waals surface area contributed by atoms with E-state index in [0.29, 0.717) is 69.1 Å². The molecule has 41 heavy (non-hydrogen) atoms. The minimum absolute atomic E-state index is 0.603. The molecular weight excluding hydrogens is 520 g/mol. The molecule has 0 aromatic carbocycles. The molecule has 7 heterocycles. The lowest BCUT2D eigenvalue weighted by molar-refractivity contribution is 0.490. The van der Waals surface area contributed by atoms with Gasteiger partial charge >= 0.3 is 0 Å². The molecule has 206 valence electrons. The van der Waals surface area contributed by atoms with E-state index < -0.39 is 0 Å². The molecule has 0 unspecified atom stereocenters. The van der Waals surface area contributed by atoms with Gasteiger partial charge in [0.25, 0.3) is 0 Å². The van der Waals surface area contributed by atoms with E-state index in [1.807, 2.05) is 78.9 Å². The molecule has 7 aromatic rings. The van der Waals surface area contributed by atoms with Crippen LogP contribution in [0.25, 0.3) is 69.1 Å². The smallest absolute Gasteiger partial charge is 0.173 e. The monoisotopic (exact) mass is 548 g/mol. The molecule has 7 heteroatoms. The van der Waals surface area contributed by atoms with Crippen LogP contribution in [0.15, 0.2) is 122 Å². The molecule has 0 aliphatic heterocycles. The normalized spacial score (nSPS) is 11.5. The predicted octanol–water partition coefficient (Wildman–Crippen LogP) is 11.0. The highest BCUT2D eigenvalue weighted by Gasteiger charge is 2.21. The standard InChI is InChI=1S/C34H28O7/c1-2-3-4-5-8-22-21-33(31-16-15-28(39-31)27-13-11-25(37-27)23-9-6-19-35-23)41-34(22)32-18-17-30(40-32)29-14-12-26(38-29)24-10-7-20-36-24/h6-7,9-21H,2-5,8H2,1H3. The Morgan fingerprint density at radius 2 is 0.902 bits per heavy atom. The molecule has 0 bridgehead atoms. The van der Waals surface area contributed by atoms with Gasteiger partial charge in [0.05, 0.1) is 12.5 Å². The topological polar surface area (TPSA) is 92.0 Å². The first-order valence-corrected chi connectivity index (χ1v) is 13.9. The molecule has 0 aliphatic rings. The number of hydrogen-bond donors (Lipinski definition) is 0. The number of aryl methyl sites for hydroxylation is 1. The van der Waals surface area contributed by atoms with E-state index in [-0.39, 0.29) is 0 Å². The van der Waals surface area contributed by atoms with Crippen LogP contribution in [0.2, 0.25) is 0 Å². The van der Waals surface area contributed by atoms with E-state index in [1.54, 1.807) is 12.5 Å². The summed E-state index contributed by atoms with van der Waals surface area (Å²) >= 11 is 0. The van der Waals surface area contributed by atoms with Gasteiger partial charge in [-0.05, 0) is 91.7 Å². The lowest BCUT2D eigenvalue weighted by atomic mass is 10.1. The molecule has 7 aromatic heterocycles. The Balaban J connectivity index is 1.17. The fourth-order valence-electron chi connectivity index (χ4n) is 4.92. The van der Waals surface area contributed by atoms with Crippen LogP contribution in [0, 0.1) is 0 Å². The van der Waals surface area contributed by atoms with Crippen molar-refractivity contribution in [2.45, 2.75) is 39.0 Å². The Bertz CT molecular complexity index is 1830. The first-order chi connectivity index (χ1) is 20.2. The van der Waals surface area contributed by atoms with Gasteiger partial charge in [0.1, 0.15) is 0 Å². The Hall–Kier alpha value is -5.04. The highest BCUT2D eigenvalue weighted by atomic mass is 16.4. The molecule has 0 spiro atoms. The lowest BCUT2D eigenvalue weighted by Gasteiger charge is -2.00. The van der Waals surface area contributed by atoms with Crippen molar-refractivity contribution in [2.24, 2.45) is 0 Å². The quantitative estimate of drug-likeness (QED) is 0.148. The molecule has 0 fully saturated rings. The third kappa shape index (κ3) is 5.02. The fraction of sp³-hybridized carbons (Fsp3) is 0.176. The Kier molecular flexibility index (Phi) is 6.61. The molecule has 0 saturated heterocycles. The van der Waals surface area contributed by atoms with Crippen LogP contribution in [0.4, 0.5) is 0 Å². The zero-order valence-corrected chi connectivity index (χ0v) is 22.6. The first-order valence-electron chi connectivity index (χ1n) is 13.9. The van der Waals surface area contributed by atoms with Gasteiger partial charge in [0.2, 0.25) is 0 Å².